The van der Waals surface area contributed by atoms with Crippen LogP contribution in [0.4, 0.5) is 0 Å². The van der Waals surface area contributed by atoms with E-state index in [1.165, 1.54) is 11.1 Å². The Morgan fingerprint density at radius 3 is 2.61 bits per heavy atom. The minimum atomic E-state index is -0.0220. The topological polar surface area (TPSA) is 56.2 Å². The molecule has 36 heavy (non-hydrogen) atoms. The van der Waals surface area contributed by atoms with Crippen LogP contribution in [0.15, 0.2) is 72.8 Å². The molecule has 4 rings (SSSR count). The molecule has 5 nitrogen and oxygen atoms in total. The lowest BCUT2D eigenvalue weighted by Crippen LogP contribution is -2.25. The number of aromatic nitrogens is 2. The lowest BCUT2D eigenvalue weighted by Gasteiger charge is -2.14. The van der Waals surface area contributed by atoms with Crippen molar-refractivity contribution in [2.24, 2.45) is 0 Å². The molecule has 0 atom stereocenters. The van der Waals surface area contributed by atoms with E-state index in [-0.39, 0.29) is 5.91 Å². The van der Waals surface area contributed by atoms with Crippen molar-refractivity contribution in [1.29, 1.82) is 0 Å². The quantitative estimate of drug-likeness (QED) is 0.228. The van der Waals surface area contributed by atoms with E-state index >= 15 is 0 Å². The molecule has 1 N–H and O–H groups in total. The third-order valence-electron chi connectivity index (χ3n) is 6.45. The molecule has 188 valence electrons. The molecule has 4 aromatic rings. The summed E-state index contributed by atoms with van der Waals surface area (Å²) in [4.78, 5) is 17.3. The molecule has 0 bridgehead atoms. The van der Waals surface area contributed by atoms with Gasteiger partial charge in [-0.1, -0.05) is 61.9 Å². The average Bonchev–Trinajstić information content (AvgIpc) is 3.23. The van der Waals surface area contributed by atoms with Gasteiger partial charge < -0.3 is 14.6 Å². The predicted molar refractivity (Wildman–Crippen MR) is 147 cm³/mol. The monoisotopic (exact) mass is 483 g/mol. The molecular weight excluding hydrogens is 446 g/mol. The lowest BCUT2D eigenvalue weighted by molar-refractivity contribution is 0.0953. The van der Waals surface area contributed by atoms with Crippen LogP contribution in [0.3, 0.4) is 0 Å². The predicted octanol–water partition coefficient (Wildman–Crippen LogP) is 6.69. The maximum absolute atomic E-state index is 12.4. The summed E-state index contributed by atoms with van der Waals surface area (Å²) in [6.07, 6.45) is 3.66. The number of imidazole rings is 1. The van der Waals surface area contributed by atoms with Gasteiger partial charge in [-0.2, -0.15) is 0 Å². The van der Waals surface area contributed by atoms with Crippen LogP contribution >= 0.6 is 0 Å². The highest BCUT2D eigenvalue weighted by atomic mass is 16.5. The molecule has 3 aromatic carbocycles. The molecular formula is C31H37N3O2. The number of nitrogens with zero attached hydrogens (tertiary/aromatic N) is 2. The molecule has 0 aliphatic carbocycles. The fourth-order valence-corrected chi connectivity index (χ4v) is 4.55. The van der Waals surface area contributed by atoms with E-state index in [0.29, 0.717) is 24.6 Å². The number of fused-ring (bicyclic) bond motifs is 1. The van der Waals surface area contributed by atoms with Crippen molar-refractivity contribution in [3.63, 3.8) is 0 Å². The van der Waals surface area contributed by atoms with Crippen molar-refractivity contribution in [3.8, 4) is 5.75 Å². The maximum atomic E-state index is 12.4. The van der Waals surface area contributed by atoms with Gasteiger partial charge in [-0.05, 0) is 68.0 Å². The summed E-state index contributed by atoms with van der Waals surface area (Å²) < 4.78 is 8.45. The summed E-state index contributed by atoms with van der Waals surface area (Å²) in [6, 6.07) is 24.3. The molecule has 1 aromatic heterocycles. The van der Waals surface area contributed by atoms with Gasteiger partial charge in [0.25, 0.3) is 5.91 Å². The number of para-hydroxylation sites is 3. The second-order valence-corrected chi connectivity index (χ2v) is 9.65. The van der Waals surface area contributed by atoms with E-state index in [9.17, 15) is 4.79 Å². The Labute approximate surface area is 214 Å². The van der Waals surface area contributed by atoms with Crippen LogP contribution in [0.25, 0.3) is 11.0 Å². The van der Waals surface area contributed by atoms with E-state index in [1.807, 2.05) is 43.3 Å². The Morgan fingerprint density at radius 1 is 0.972 bits per heavy atom. The van der Waals surface area contributed by atoms with Crippen LogP contribution in [-0.4, -0.2) is 28.6 Å². The highest BCUT2D eigenvalue weighted by molar-refractivity contribution is 5.94. The summed E-state index contributed by atoms with van der Waals surface area (Å²) >= 11 is 0. The van der Waals surface area contributed by atoms with Crippen molar-refractivity contribution in [3.05, 3.63) is 95.3 Å². The Kier molecular flexibility index (Phi) is 8.77. The number of unbranched alkanes of at least 4 members (excludes halogenated alkanes) is 1. The Morgan fingerprint density at radius 2 is 1.78 bits per heavy atom. The second kappa shape index (κ2) is 12.4. The van der Waals surface area contributed by atoms with Gasteiger partial charge in [0.1, 0.15) is 11.6 Å². The third kappa shape index (κ3) is 6.54. The highest BCUT2D eigenvalue weighted by Gasteiger charge is 2.11. The molecule has 0 aliphatic heterocycles. The molecule has 0 radical (unpaired) electrons. The number of hydrogen-bond acceptors (Lipinski definition) is 3. The van der Waals surface area contributed by atoms with Crippen molar-refractivity contribution in [2.45, 2.75) is 58.9 Å². The molecule has 0 saturated carbocycles. The van der Waals surface area contributed by atoms with Gasteiger partial charge in [-0.15, -0.1) is 0 Å². The van der Waals surface area contributed by atoms with Crippen molar-refractivity contribution in [1.82, 2.24) is 14.9 Å². The SMILES string of the molecule is Cc1cccc(C(=O)NCCCc2nc3ccccc3n2CCCCOc2ccccc2C(C)C)c1. The molecule has 0 saturated heterocycles. The van der Waals surface area contributed by atoms with Gasteiger partial charge in [0.05, 0.1) is 17.6 Å². The summed E-state index contributed by atoms with van der Waals surface area (Å²) in [5.74, 6) is 2.50. The smallest absolute Gasteiger partial charge is 0.251 e. The molecule has 1 amide bonds. The van der Waals surface area contributed by atoms with E-state index in [1.54, 1.807) is 0 Å². The number of benzene rings is 3. The summed E-state index contributed by atoms with van der Waals surface area (Å²) in [5, 5.41) is 3.04. The standard InChI is InChI=1S/C31H37N3O2/c1-23(2)26-14-4-7-17-29(26)36-21-9-8-20-34-28-16-6-5-15-27(28)33-30(34)18-11-19-32-31(35)25-13-10-12-24(3)22-25/h4-7,10,12-17,22-23H,8-9,11,18-21H2,1-3H3,(H,32,35). The lowest BCUT2D eigenvalue weighted by atomic mass is 10.0. The third-order valence-corrected chi connectivity index (χ3v) is 6.45. The summed E-state index contributed by atoms with van der Waals surface area (Å²) in [6.45, 7) is 8.62. The first-order valence-electron chi connectivity index (χ1n) is 13.0. The first kappa shape index (κ1) is 25.5. The zero-order valence-corrected chi connectivity index (χ0v) is 21.7. The van der Waals surface area contributed by atoms with Crippen LogP contribution in [0, 0.1) is 6.92 Å². The highest BCUT2D eigenvalue weighted by Crippen LogP contribution is 2.26. The number of aryl methyl sites for hydroxylation is 3. The fourth-order valence-electron chi connectivity index (χ4n) is 4.55. The fraction of sp³-hybridized carbons (Fsp3) is 0.355. The van der Waals surface area contributed by atoms with E-state index in [4.69, 9.17) is 9.72 Å². The van der Waals surface area contributed by atoms with Gasteiger partial charge in [-0.25, -0.2) is 4.98 Å². The summed E-state index contributed by atoms with van der Waals surface area (Å²) in [5.41, 5.74) is 5.25. The number of nitrogens with one attached hydrogen (secondary N) is 1. The number of rotatable bonds is 12. The van der Waals surface area contributed by atoms with Crippen LogP contribution in [0.1, 0.15) is 66.3 Å². The Bertz CT molecular complexity index is 1290. The minimum Gasteiger partial charge on any atom is -0.493 e. The molecule has 5 heteroatoms. The van der Waals surface area contributed by atoms with Crippen LogP contribution in [0.5, 0.6) is 5.75 Å². The second-order valence-electron chi connectivity index (χ2n) is 9.65. The number of amides is 1. The zero-order valence-electron chi connectivity index (χ0n) is 21.7. The molecule has 0 spiro atoms. The number of carbonyl (C=O) groups excluding carboxylic acids is 1. The summed E-state index contributed by atoms with van der Waals surface area (Å²) in [7, 11) is 0. The van der Waals surface area contributed by atoms with Crippen LogP contribution in [0.2, 0.25) is 0 Å². The van der Waals surface area contributed by atoms with E-state index in [2.05, 4.69) is 60.1 Å². The largest absolute Gasteiger partial charge is 0.493 e. The Balaban J connectivity index is 1.30. The molecule has 0 fully saturated rings. The molecule has 1 heterocycles. The van der Waals surface area contributed by atoms with E-state index < -0.39 is 0 Å². The first-order chi connectivity index (χ1) is 17.5. The minimum absolute atomic E-state index is 0.0220. The maximum Gasteiger partial charge on any atom is 0.251 e. The van der Waals surface area contributed by atoms with Crippen LogP contribution in [-0.2, 0) is 13.0 Å². The van der Waals surface area contributed by atoms with Gasteiger partial charge in [0.2, 0.25) is 0 Å². The number of carbonyl (C=O) groups is 1. The number of hydrogen-bond donors (Lipinski definition) is 1. The first-order valence-corrected chi connectivity index (χ1v) is 13.0. The molecule has 0 aliphatic rings. The van der Waals surface area contributed by atoms with Gasteiger partial charge in [0, 0.05) is 25.1 Å². The normalized spacial score (nSPS) is 11.2. The van der Waals surface area contributed by atoms with Gasteiger partial charge >= 0.3 is 0 Å². The Hall–Kier alpha value is -3.60. The average molecular weight is 484 g/mol. The van der Waals surface area contributed by atoms with Crippen molar-refractivity contribution in [2.75, 3.05) is 13.2 Å². The van der Waals surface area contributed by atoms with Gasteiger partial charge in [-0.3, -0.25) is 4.79 Å². The van der Waals surface area contributed by atoms with Crippen molar-refractivity contribution >= 4 is 16.9 Å². The van der Waals surface area contributed by atoms with Crippen LogP contribution < -0.4 is 10.1 Å². The van der Waals surface area contributed by atoms with E-state index in [0.717, 1.165) is 54.9 Å². The van der Waals surface area contributed by atoms with Crippen molar-refractivity contribution < 1.29 is 9.53 Å². The molecule has 0 unspecified atom stereocenters. The zero-order chi connectivity index (χ0) is 25.3. The van der Waals surface area contributed by atoms with Gasteiger partial charge in [0.15, 0.2) is 0 Å². The number of ether oxygens (including phenoxy) is 1.